The topological polar surface area (TPSA) is 63.6 Å². The summed E-state index contributed by atoms with van der Waals surface area (Å²) in [6.07, 6.45) is 8.34. The number of carbonyl (C=O) groups excluding carboxylic acids is 1. The van der Waals surface area contributed by atoms with Gasteiger partial charge in [-0.15, -0.1) is 0 Å². The molecule has 0 aromatic rings. The van der Waals surface area contributed by atoms with Crippen LogP contribution < -0.4 is 0 Å². The van der Waals surface area contributed by atoms with Crippen molar-refractivity contribution in [1.82, 2.24) is 0 Å². The van der Waals surface area contributed by atoms with Gasteiger partial charge in [-0.25, -0.2) is 0 Å². The molecule has 2 unspecified atom stereocenters. The van der Waals surface area contributed by atoms with Crippen molar-refractivity contribution < 1.29 is 19.4 Å². The van der Waals surface area contributed by atoms with Gasteiger partial charge in [-0.05, 0) is 26.2 Å². The van der Waals surface area contributed by atoms with Gasteiger partial charge in [0.25, 0.3) is 0 Å². The van der Waals surface area contributed by atoms with Gasteiger partial charge in [0.2, 0.25) is 0 Å². The summed E-state index contributed by atoms with van der Waals surface area (Å²) in [4.78, 5) is 22.3. The fraction of sp³-hybridized carbons (Fsp3) is 0.875. The highest BCUT2D eigenvalue weighted by molar-refractivity contribution is 5.70. The van der Waals surface area contributed by atoms with Gasteiger partial charge in [0.15, 0.2) is 0 Å². The highest BCUT2D eigenvalue weighted by Crippen LogP contribution is 2.12. The molecule has 0 saturated carbocycles. The van der Waals surface area contributed by atoms with E-state index in [-0.39, 0.29) is 18.0 Å². The van der Waals surface area contributed by atoms with Crippen LogP contribution in [0.25, 0.3) is 0 Å². The molecule has 0 fully saturated rings. The minimum Gasteiger partial charge on any atom is -0.481 e. The Bertz CT molecular complexity index is 276. The van der Waals surface area contributed by atoms with Gasteiger partial charge >= 0.3 is 11.9 Å². The highest BCUT2D eigenvalue weighted by atomic mass is 16.5. The lowest BCUT2D eigenvalue weighted by molar-refractivity contribution is -0.148. The summed E-state index contributed by atoms with van der Waals surface area (Å²) in [5, 5.41) is 8.77. The van der Waals surface area contributed by atoms with E-state index in [0.717, 1.165) is 12.8 Å². The average Bonchev–Trinajstić information content (AvgIpc) is 2.39. The number of hydrogen-bond donors (Lipinski definition) is 1. The van der Waals surface area contributed by atoms with Crippen molar-refractivity contribution in [3.63, 3.8) is 0 Å². The molecule has 4 nitrogen and oxygen atoms in total. The standard InChI is InChI=1S/C16H30O4/c1-4-5-6-7-8-9-10-15(17)20-14(3)12-11-13(2)16(18)19/h13-14H,4-12H2,1-3H3,(H,18,19). The Balaban J connectivity index is 3.57. The Hall–Kier alpha value is -1.06. The number of carboxylic acid groups (broad SMARTS) is 1. The molecule has 118 valence electrons. The van der Waals surface area contributed by atoms with E-state index >= 15 is 0 Å². The zero-order valence-electron chi connectivity index (χ0n) is 13.2. The largest absolute Gasteiger partial charge is 0.481 e. The molecular weight excluding hydrogens is 256 g/mol. The van der Waals surface area contributed by atoms with Crippen LogP contribution in [0.1, 0.15) is 78.6 Å². The van der Waals surface area contributed by atoms with E-state index in [2.05, 4.69) is 6.92 Å². The predicted octanol–water partition coefficient (Wildman–Crippen LogP) is 4.17. The second kappa shape index (κ2) is 11.7. The lowest BCUT2D eigenvalue weighted by Gasteiger charge is -2.14. The number of carboxylic acids is 1. The normalized spacial score (nSPS) is 13.8. The molecule has 0 aromatic carbocycles. The second-order valence-electron chi connectivity index (χ2n) is 5.63. The molecule has 0 aliphatic rings. The quantitative estimate of drug-likeness (QED) is 0.432. The van der Waals surface area contributed by atoms with E-state index in [9.17, 15) is 9.59 Å². The van der Waals surface area contributed by atoms with E-state index in [1.54, 1.807) is 6.92 Å². The van der Waals surface area contributed by atoms with Crippen molar-refractivity contribution in [1.29, 1.82) is 0 Å². The number of aliphatic carboxylic acids is 1. The monoisotopic (exact) mass is 286 g/mol. The Morgan fingerprint density at radius 3 is 2.20 bits per heavy atom. The first kappa shape index (κ1) is 18.9. The van der Waals surface area contributed by atoms with Gasteiger partial charge < -0.3 is 9.84 Å². The summed E-state index contributed by atoms with van der Waals surface area (Å²) in [6, 6.07) is 0. The van der Waals surface area contributed by atoms with Gasteiger partial charge in [-0.3, -0.25) is 9.59 Å². The fourth-order valence-electron chi connectivity index (χ4n) is 2.00. The maximum Gasteiger partial charge on any atom is 0.306 e. The molecule has 4 heteroatoms. The zero-order chi connectivity index (χ0) is 15.4. The maximum absolute atomic E-state index is 11.6. The molecule has 1 N–H and O–H groups in total. The third kappa shape index (κ3) is 10.8. The van der Waals surface area contributed by atoms with Gasteiger partial charge in [0.1, 0.15) is 0 Å². The van der Waals surface area contributed by atoms with Gasteiger partial charge in [0, 0.05) is 6.42 Å². The average molecular weight is 286 g/mol. The molecule has 0 aromatic heterocycles. The molecule has 0 radical (unpaired) electrons. The van der Waals surface area contributed by atoms with E-state index in [4.69, 9.17) is 9.84 Å². The highest BCUT2D eigenvalue weighted by Gasteiger charge is 2.15. The lowest BCUT2D eigenvalue weighted by atomic mass is 10.0. The van der Waals surface area contributed by atoms with E-state index < -0.39 is 5.97 Å². The number of hydrogen-bond acceptors (Lipinski definition) is 3. The van der Waals surface area contributed by atoms with Gasteiger partial charge in [-0.1, -0.05) is 46.0 Å². The lowest BCUT2D eigenvalue weighted by Crippen LogP contribution is -2.17. The van der Waals surface area contributed by atoms with E-state index in [0.29, 0.717) is 19.3 Å². The van der Waals surface area contributed by atoms with Crippen LogP contribution in [0.4, 0.5) is 0 Å². The Labute approximate surface area is 122 Å². The van der Waals surface area contributed by atoms with E-state index in [1.165, 1.54) is 25.7 Å². The molecule has 0 aliphatic carbocycles. The molecule has 2 atom stereocenters. The first-order valence-electron chi connectivity index (χ1n) is 7.89. The smallest absolute Gasteiger partial charge is 0.306 e. The number of ether oxygens (including phenoxy) is 1. The minimum absolute atomic E-state index is 0.157. The number of esters is 1. The molecule has 0 heterocycles. The van der Waals surface area contributed by atoms with Crippen molar-refractivity contribution in [3.8, 4) is 0 Å². The second-order valence-corrected chi connectivity index (χ2v) is 5.63. The SMILES string of the molecule is CCCCCCCCC(=O)OC(C)CCC(C)C(=O)O. The number of rotatable bonds is 12. The maximum atomic E-state index is 11.6. The summed E-state index contributed by atoms with van der Waals surface area (Å²) < 4.78 is 5.28. The fourth-order valence-corrected chi connectivity index (χ4v) is 2.00. The van der Waals surface area contributed by atoms with Crippen LogP contribution in [-0.4, -0.2) is 23.1 Å². The van der Waals surface area contributed by atoms with Crippen LogP contribution >= 0.6 is 0 Å². The summed E-state index contributed by atoms with van der Waals surface area (Å²) in [7, 11) is 0. The molecular formula is C16H30O4. The van der Waals surface area contributed by atoms with Crippen molar-refractivity contribution >= 4 is 11.9 Å². The van der Waals surface area contributed by atoms with Crippen LogP contribution in [0.3, 0.4) is 0 Å². The Morgan fingerprint density at radius 1 is 1.00 bits per heavy atom. The first-order chi connectivity index (χ1) is 9.47. The predicted molar refractivity (Wildman–Crippen MR) is 79.6 cm³/mol. The number of unbranched alkanes of at least 4 members (excludes halogenated alkanes) is 5. The van der Waals surface area contributed by atoms with Crippen molar-refractivity contribution in [3.05, 3.63) is 0 Å². The van der Waals surface area contributed by atoms with Crippen LogP contribution in [0.5, 0.6) is 0 Å². The van der Waals surface area contributed by atoms with Crippen LogP contribution in [-0.2, 0) is 14.3 Å². The number of carbonyl (C=O) groups is 2. The van der Waals surface area contributed by atoms with Gasteiger partial charge in [0.05, 0.1) is 12.0 Å². The van der Waals surface area contributed by atoms with Crippen molar-refractivity contribution in [2.24, 2.45) is 5.92 Å². The molecule has 0 bridgehead atoms. The summed E-state index contributed by atoms with van der Waals surface area (Å²) in [6.45, 7) is 5.69. The third-order valence-electron chi connectivity index (χ3n) is 3.49. The summed E-state index contributed by atoms with van der Waals surface area (Å²) in [5.41, 5.74) is 0. The molecule has 20 heavy (non-hydrogen) atoms. The van der Waals surface area contributed by atoms with Crippen LogP contribution in [0, 0.1) is 5.92 Å². The van der Waals surface area contributed by atoms with E-state index in [1.807, 2.05) is 6.92 Å². The Morgan fingerprint density at radius 2 is 1.60 bits per heavy atom. The van der Waals surface area contributed by atoms with Crippen molar-refractivity contribution in [2.45, 2.75) is 84.7 Å². The Kier molecular flexibility index (Phi) is 11.1. The van der Waals surface area contributed by atoms with Crippen molar-refractivity contribution in [2.75, 3.05) is 0 Å². The molecule has 0 amide bonds. The molecule has 0 rings (SSSR count). The first-order valence-corrected chi connectivity index (χ1v) is 7.89. The molecule has 0 aliphatic heterocycles. The van der Waals surface area contributed by atoms with Crippen LogP contribution in [0.15, 0.2) is 0 Å². The zero-order valence-corrected chi connectivity index (χ0v) is 13.2. The third-order valence-corrected chi connectivity index (χ3v) is 3.49. The minimum atomic E-state index is -0.796. The molecule has 0 spiro atoms. The summed E-state index contributed by atoms with van der Waals surface area (Å²) >= 11 is 0. The molecule has 0 saturated heterocycles. The van der Waals surface area contributed by atoms with Gasteiger partial charge in [-0.2, -0.15) is 0 Å². The van der Waals surface area contributed by atoms with Crippen LogP contribution in [0.2, 0.25) is 0 Å². The summed E-state index contributed by atoms with van der Waals surface area (Å²) in [5.74, 6) is -1.33.